The molecule has 21 heavy (non-hydrogen) atoms. The molecular weight excluding hydrogens is 276 g/mol. The standard InChI is InChI=1S/C14H18N2O5/c15-9-1-3-10(4-2-9)21-12-8-14-13(19-5-6-20-14)7-11(12)16(17)18/h7-10H,1-6,15H2. The normalized spacial score (nSPS) is 24.4. The van der Waals surface area contributed by atoms with Crippen molar-refractivity contribution in [3.63, 3.8) is 0 Å². The monoisotopic (exact) mass is 294 g/mol. The summed E-state index contributed by atoms with van der Waals surface area (Å²) in [5.74, 6) is 1.13. The lowest BCUT2D eigenvalue weighted by Crippen LogP contribution is -2.31. The van der Waals surface area contributed by atoms with Gasteiger partial charge in [0.1, 0.15) is 13.2 Å². The summed E-state index contributed by atoms with van der Waals surface area (Å²) in [5, 5.41) is 11.2. The van der Waals surface area contributed by atoms with E-state index in [1.54, 1.807) is 6.07 Å². The molecule has 1 aliphatic carbocycles. The average molecular weight is 294 g/mol. The van der Waals surface area contributed by atoms with Crippen LogP contribution in [0.4, 0.5) is 5.69 Å². The van der Waals surface area contributed by atoms with E-state index in [1.165, 1.54) is 6.07 Å². The fourth-order valence-electron chi connectivity index (χ4n) is 2.68. The van der Waals surface area contributed by atoms with Gasteiger partial charge in [0.2, 0.25) is 5.75 Å². The summed E-state index contributed by atoms with van der Waals surface area (Å²) in [7, 11) is 0. The molecule has 7 nitrogen and oxygen atoms in total. The Morgan fingerprint density at radius 1 is 1.14 bits per heavy atom. The van der Waals surface area contributed by atoms with Crippen molar-refractivity contribution in [3.8, 4) is 17.2 Å². The van der Waals surface area contributed by atoms with E-state index in [0.29, 0.717) is 24.7 Å². The summed E-state index contributed by atoms with van der Waals surface area (Å²) in [6, 6.07) is 3.14. The van der Waals surface area contributed by atoms with Gasteiger partial charge in [0.05, 0.1) is 17.1 Å². The third-order valence-electron chi connectivity index (χ3n) is 3.83. The zero-order valence-electron chi connectivity index (χ0n) is 11.6. The van der Waals surface area contributed by atoms with Gasteiger partial charge >= 0.3 is 5.69 Å². The number of nitrogens with two attached hydrogens (primary N) is 1. The molecule has 1 fully saturated rings. The summed E-state index contributed by atoms with van der Waals surface area (Å²) < 4.78 is 16.7. The number of ether oxygens (including phenoxy) is 3. The molecular formula is C14H18N2O5. The summed E-state index contributed by atoms with van der Waals surface area (Å²) >= 11 is 0. The van der Waals surface area contributed by atoms with Gasteiger partial charge in [0.15, 0.2) is 11.5 Å². The van der Waals surface area contributed by atoms with Crippen LogP contribution < -0.4 is 19.9 Å². The van der Waals surface area contributed by atoms with E-state index < -0.39 is 4.92 Å². The van der Waals surface area contributed by atoms with Gasteiger partial charge in [-0.3, -0.25) is 10.1 Å². The maximum Gasteiger partial charge on any atom is 0.314 e. The molecule has 2 aliphatic rings. The van der Waals surface area contributed by atoms with Gasteiger partial charge in [-0.25, -0.2) is 0 Å². The third kappa shape index (κ3) is 3.02. The predicted octanol–water partition coefficient (Wildman–Crippen LogP) is 2.01. The lowest BCUT2D eigenvalue weighted by atomic mass is 9.94. The maximum absolute atomic E-state index is 11.2. The first-order valence-electron chi connectivity index (χ1n) is 7.14. The number of nitro benzene ring substituents is 1. The van der Waals surface area contributed by atoms with Crippen LogP contribution in [0.1, 0.15) is 25.7 Å². The van der Waals surface area contributed by atoms with Crippen LogP contribution in [0.5, 0.6) is 17.2 Å². The van der Waals surface area contributed by atoms with Gasteiger partial charge in [0.25, 0.3) is 0 Å². The van der Waals surface area contributed by atoms with E-state index in [4.69, 9.17) is 19.9 Å². The van der Waals surface area contributed by atoms with Gasteiger partial charge in [-0.15, -0.1) is 0 Å². The van der Waals surface area contributed by atoms with Crippen LogP contribution in [0, 0.1) is 10.1 Å². The Hall–Kier alpha value is -2.02. The summed E-state index contributed by atoms with van der Waals surface area (Å²) in [5.41, 5.74) is 5.77. The minimum absolute atomic E-state index is 0.0361. The molecule has 0 spiro atoms. The quantitative estimate of drug-likeness (QED) is 0.676. The number of hydrogen-bond donors (Lipinski definition) is 1. The summed E-state index contributed by atoms with van der Waals surface area (Å²) in [6.07, 6.45) is 3.34. The molecule has 0 amide bonds. The van der Waals surface area contributed by atoms with Crippen molar-refractivity contribution in [3.05, 3.63) is 22.2 Å². The van der Waals surface area contributed by atoms with E-state index in [1.807, 2.05) is 0 Å². The van der Waals surface area contributed by atoms with Gasteiger partial charge in [0, 0.05) is 12.1 Å². The lowest BCUT2D eigenvalue weighted by Gasteiger charge is -2.27. The second kappa shape index (κ2) is 5.77. The smallest absolute Gasteiger partial charge is 0.314 e. The van der Waals surface area contributed by atoms with Crippen LogP contribution in [0.25, 0.3) is 0 Å². The summed E-state index contributed by atoms with van der Waals surface area (Å²) in [4.78, 5) is 10.8. The van der Waals surface area contributed by atoms with Crippen LogP contribution in [0.2, 0.25) is 0 Å². The van der Waals surface area contributed by atoms with Gasteiger partial charge in [-0.1, -0.05) is 0 Å². The van der Waals surface area contributed by atoms with Crippen molar-refractivity contribution in [2.45, 2.75) is 37.8 Å². The molecule has 0 radical (unpaired) electrons. The van der Waals surface area contributed by atoms with E-state index in [0.717, 1.165) is 25.7 Å². The van der Waals surface area contributed by atoms with Crippen LogP contribution in [0.3, 0.4) is 0 Å². The predicted molar refractivity (Wildman–Crippen MR) is 74.9 cm³/mol. The van der Waals surface area contributed by atoms with Crippen LogP contribution in [-0.2, 0) is 0 Å². The Labute approximate surface area is 122 Å². The highest BCUT2D eigenvalue weighted by atomic mass is 16.6. The average Bonchev–Trinajstić information content (AvgIpc) is 2.48. The Morgan fingerprint density at radius 3 is 2.38 bits per heavy atom. The number of hydrogen-bond acceptors (Lipinski definition) is 6. The molecule has 1 aromatic rings. The van der Waals surface area contributed by atoms with E-state index >= 15 is 0 Å². The van der Waals surface area contributed by atoms with Crippen LogP contribution in [0.15, 0.2) is 12.1 Å². The van der Waals surface area contributed by atoms with Gasteiger partial charge < -0.3 is 19.9 Å². The van der Waals surface area contributed by atoms with Crippen molar-refractivity contribution < 1.29 is 19.1 Å². The van der Waals surface area contributed by atoms with E-state index in [-0.39, 0.29) is 23.6 Å². The Kier molecular flexibility index (Phi) is 3.83. The highest BCUT2D eigenvalue weighted by Gasteiger charge is 2.27. The molecule has 1 heterocycles. The fraction of sp³-hybridized carbons (Fsp3) is 0.571. The largest absolute Gasteiger partial charge is 0.486 e. The zero-order valence-corrected chi connectivity index (χ0v) is 11.6. The molecule has 0 saturated heterocycles. The Morgan fingerprint density at radius 2 is 1.76 bits per heavy atom. The molecule has 0 aromatic heterocycles. The minimum Gasteiger partial charge on any atom is -0.486 e. The van der Waals surface area contributed by atoms with Crippen molar-refractivity contribution >= 4 is 5.69 Å². The molecule has 1 saturated carbocycles. The first-order valence-corrected chi connectivity index (χ1v) is 7.14. The van der Waals surface area contributed by atoms with Crippen molar-refractivity contribution in [2.24, 2.45) is 5.73 Å². The number of rotatable bonds is 3. The summed E-state index contributed by atoms with van der Waals surface area (Å²) in [6.45, 7) is 0.827. The van der Waals surface area contributed by atoms with E-state index in [2.05, 4.69) is 0 Å². The van der Waals surface area contributed by atoms with Crippen molar-refractivity contribution in [2.75, 3.05) is 13.2 Å². The molecule has 0 atom stereocenters. The lowest BCUT2D eigenvalue weighted by molar-refractivity contribution is -0.386. The molecule has 3 rings (SSSR count). The van der Waals surface area contributed by atoms with Crippen LogP contribution >= 0.6 is 0 Å². The van der Waals surface area contributed by atoms with Crippen molar-refractivity contribution in [1.29, 1.82) is 0 Å². The number of nitro groups is 1. The molecule has 0 unspecified atom stereocenters. The van der Waals surface area contributed by atoms with Gasteiger partial charge in [-0.2, -0.15) is 0 Å². The number of nitrogens with zero attached hydrogens (tertiary/aromatic N) is 1. The molecule has 1 aromatic carbocycles. The third-order valence-corrected chi connectivity index (χ3v) is 3.83. The second-order valence-electron chi connectivity index (χ2n) is 5.38. The number of benzene rings is 1. The Bertz CT molecular complexity index is 540. The molecule has 0 bridgehead atoms. The molecule has 7 heteroatoms. The topological polar surface area (TPSA) is 96.9 Å². The minimum atomic E-state index is -0.456. The van der Waals surface area contributed by atoms with E-state index in [9.17, 15) is 10.1 Å². The first-order chi connectivity index (χ1) is 10.1. The highest BCUT2D eigenvalue weighted by molar-refractivity contribution is 5.58. The fourth-order valence-corrected chi connectivity index (χ4v) is 2.68. The number of fused-ring (bicyclic) bond motifs is 1. The SMILES string of the molecule is NC1CCC(Oc2cc3c(cc2[N+](=O)[O-])OCCO3)CC1. The molecule has 2 N–H and O–H groups in total. The first kappa shape index (κ1) is 13.9. The molecule has 114 valence electrons. The van der Waals surface area contributed by atoms with Crippen molar-refractivity contribution in [1.82, 2.24) is 0 Å². The second-order valence-corrected chi connectivity index (χ2v) is 5.38. The zero-order chi connectivity index (χ0) is 14.8. The van der Waals surface area contributed by atoms with Crippen LogP contribution in [-0.4, -0.2) is 30.3 Å². The maximum atomic E-state index is 11.2. The van der Waals surface area contributed by atoms with Gasteiger partial charge in [-0.05, 0) is 25.7 Å². The molecule has 1 aliphatic heterocycles. The Balaban J connectivity index is 1.84. The highest BCUT2D eigenvalue weighted by Crippen LogP contribution is 2.41.